The first-order valence-electron chi connectivity index (χ1n) is 5.82. The summed E-state index contributed by atoms with van der Waals surface area (Å²) in [6.07, 6.45) is 0. The maximum absolute atomic E-state index is 13.3. The standard InChI is InChI=1S/C16H10F2O/c17-15-6-5-11(8-16(15)18)14-9-12(19)7-10-3-1-2-4-13(10)14/h1-9,19H. The van der Waals surface area contributed by atoms with Crippen molar-refractivity contribution in [2.75, 3.05) is 0 Å². The van der Waals surface area contributed by atoms with E-state index >= 15 is 0 Å². The maximum Gasteiger partial charge on any atom is 0.159 e. The van der Waals surface area contributed by atoms with E-state index in [9.17, 15) is 13.9 Å². The fourth-order valence-electron chi connectivity index (χ4n) is 2.20. The van der Waals surface area contributed by atoms with E-state index in [0.29, 0.717) is 11.1 Å². The predicted molar refractivity (Wildman–Crippen MR) is 71.0 cm³/mol. The van der Waals surface area contributed by atoms with E-state index in [2.05, 4.69) is 0 Å². The molecule has 1 nitrogen and oxygen atoms in total. The lowest BCUT2D eigenvalue weighted by Gasteiger charge is -2.08. The van der Waals surface area contributed by atoms with Crippen LogP contribution in [0.2, 0.25) is 0 Å². The van der Waals surface area contributed by atoms with Crippen LogP contribution >= 0.6 is 0 Å². The smallest absolute Gasteiger partial charge is 0.159 e. The van der Waals surface area contributed by atoms with Crippen LogP contribution in [0.25, 0.3) is 21.9 Å². The minimum absolute atomic E-state index is 0.0958. The molecule has 3 heteroatoms. The number of phenolic OH excluding ortho intramolecular Hbond substituents is 1. The Balaban J connectivity index is 2.32. The lowest BCUT2D eigenvalue weighted by molar-refractivity contribution is 0.476. The first-order chi connectivity index (χ1) is 9.15. The SMILES string of the molecule is Oc1cc(-c2ccc(F)c(F)c2)c2ccccc2c1. The van der Waals surface area contributed by atoms with Crippen molar-refractivity contribution in [1.82, 2.24) is 0 Å². The Morgan fingerprint density at radius 1 is 0.789 bits per heavy atom. The van der Waals surface area contributed by atoms with Gasteiger partial charge >= 0.3 is 0 Å². The van der Waals surface area contributed by atoms with Crippen LogP contribution in [0, 0.1) is 11.6 Å². The number of halogens is 2. The quantitative estimate of drug-likeness (QED) is 0.680. The number of benzene rings is 3. The van der Waals surface area contributed by atoms with E-state index in [1.807, 2.05) is 24.3 Å². The van der Waals surface area contributed by atoms with E-state index in [4.69, 9.17) is 0 Å². The zero-order chi connectivity index (χ0) is 13.4. The first-order valence-corrected chi connectivity index (χ1v) is 5.82. The lowest BCUT2D eigenvalue weighted by atomic mass is 9.98. The molecule has 3 aromatic rings. The molecule has 0 aliphatic rings. The van der Waals surface area contributed by atoms with E-state index < -0.39 is 11.6 Å². The van der Waals surface area contributed by atoms with Crippen LogP contribution in [0.3, 0.4) is 0 Å². The molecule has 1 N–H and O–H groups in total. The number of hydrogen-bond donors (Lipinski definition) is 1. The summed E-state index contributed by atoms with van der Waals surface area (Å²) < 4.78 is 26.3. The van der Waals surface area contributed by atoms with Crippen molar-refractivity contribution in [1.29, 1.82) is 0 Å². The van der Waals surface area contributed by atoms with E-state index in [1.165, 1.54) is 6.07 Å². The molecule has 0 radical (unpaired) electrons. The molecule has 0 aromatic heterocycles. The Bertz CT molecular complexity index is 766. The minimum atomic E-state index is -0.898. The molecular formula is C16H10F2O. The van der Waals surface area contributed by atoms with Crippen LogP contribution < -0.4 is 0 Å². The number of hydrogen-bond acceptors (Lipinski definition) is 1. The average molecular weight is 256 g/mol. The molecule has 0 amide bonds. The van der Waals surface area contributed by atoms with Gasteiger partial charge in [-0.1, -0.05) is 30.3 Å². The van der Waals surface area contributed by atoms with Crippen molar-refractivity contribution in [2.24, 2.45) is 0 Å². The molecule has 0 spiro atoms. The van der Waals surface area contributed by atoms with Crippen molar-refractivity contribution in [2.45, 2.75) is 0 Å². The largest absolute Gasteiger partial charge is 0.508 e. The molecule has 0 heterocycles. The summed E-state index contributed by atoms with van der Waals surface area (Å²) in [7, 11) is 0. The van der Waals surface area contributed by atoms with Crippen LogP contribution in [0.5, 0.6) is 5.75 Å². The summed E-state index contributed by atoms with van der Waals surface area (Å²) in [5.74, 6) is -1.68. The van der Waals surface area contributed by atoms with E-state index in [1.54, 1.807) is 12.1 Å². The van der Waals surface area contributed by atoms with E-state index in [-0.39, 0.29) is 5.75 Å². The summed E-state index contributed by atoms with van der Waals surface area (Å²) in [6, 6.07) is 14.4. The van der Waals surface area contributed by atoms with Crippen molar-refractivity contribution in [3.8, 4) is 16.9 Å². The second kappa shape index (κ2) is 4.35. The lowest BCUT2D eigenvalue weighted by Crippen LogP contribution is -1.87. The van der Waals surface area contributed by atoms with Gasteiger partial charge in [0, 0.05) is 0 Å². The van der Waals surface area contributed by atoms with Gasteiger partial charge in [-0.3, -0.25) is 0 Å². The normalized spacial score (nSPS) is 10.8. The molecule has 0 saturated heterocycles. The van der Waals surface area contributed by atoms with Gasteiger partial charge < -0.3 is 5.11 Å². The third-order valence-corrected chi connectivity index (χ3v) is 3.08. The molecule has 0 atom stereocenters. The monoisotopic (exact) mass is 256 g/mol. The molecule has 0 unspecified atom stereocenters. The molecule has 0 aliphatic heterocycles. The Kier molecular flexibility index (Phi) is 2.67. The zero-order valence-corrected chi connectivity index (χ0v) is 9.90. The van der Waals surface area contributed by atoms with Gasteiger partial charge in [0.05, 0.1) is 0 Å². The number of phenols is 1. The second-order valence-electron chi connectivity index (χ2n) is 4.34. The van der Waals surface area contributed by atoms with Gasteiger partial charge in [-0.2, -0.15) is 0 Å². The zero-order valence-electron chi connectivity index (χ0n) is 9.90. The number of rotatable bonds is 1. The maximum atomic E-state index is 13.3. The van der Waals surface area contributed by atoms with Gasteiger partial charge in [0.2, 0.25) is 0 Å². The molecular weight excluding hydrogens is 246 g/mol. The van der Waals surface area contributed by atoms with Gasteiger partial charge in [-0.15, -0.1) is 0 Å². The minimum Gasteiger partial charge on any atom is -0.508 e. The average Bonchev–Trinajstić information content (AvgIpc) is 2.41. The molecule has 3 rings (SSSR count). The van der Waals surface area contributed by atoms with Crippen molar-refractivity contribution >= 4 is 10.8 Å². The van der Waals surface area contributed by atoms with Gasteiger partial charge in [-0.25, -0.2) is 8.78 Å². The highest BCUT2D eigenvalue weighted by atomic mass is 19.2. The van der Waals surface area contributed by atoms with Gasteiger partial charge in [0.25, 0.3) is 0 Å². The Labute approximate surface area is 108 Å². The van der Waals surface area contributed by atoms with Crippen LogP contribution in [0.4, 0.5) is 8.78 Å². The topological polar surface area (TPSA) is 20.2 Å². The van der Waals surface area contributed by atoms with Crippen LogP contribution in [-0.4, -0.2) is 5.11 Å². The molecule has 19 heavy (non-hydrogen) atoms. The third kappa shape index (κ3) is 2.03. The van der Waals surface area contributed by atoms with Gasteiger partial charge in [0.1, 0.15) is 5.75 Å². The summed E-state index contributed by atoms with van der Waals surface area (Å²) in [5.41, 5.74) is 1.21. The Morgan fingerprint density at radius 3 is 2.37 bits per heavy atom. The second-order valence-corrected chi connectivity index (χ2v) is 4.34. The molecule has 0 fully saturated rings. The molecule has 94 valence electrons. The fourth-order valence-corrected chi connectivity index (χ4v) is 2.20. The summed E-state index contributed by atoms with van der Waals surface area (Å²) in [5, 5.41) is 11.5. The van der Waals surface area contributed by atoms with Crippen molar-refractivity contribution < 1.29 is 13.9 Å². The van der Waals surface area contributed by atoms with Crippen LogP contribution in [0.1, 0.15) is 0 Å². The van der Waals surface area contributed by atoms with E-state index in [0.717, 1.165) is 22.9 Å². The van der Waals surface area contributed by atoms with Crippen LogP contribution in [0.15, 0.2) is 54.6 Å². The highest BCUT2D eigenvalue weighted by Crippen LogP contribution is 2.33. The summed E-state index contributed by atoms with van der Waals surface area (Å²) >= 11 is 0. The summed E-state index contributed by atoms with van der Waals surface area (Å²) in [4.78, 5) is 0. The van der Waals surface area contributed by atoms with Crippen molar-refractivity contribution in [3.63, 3.8) is 0 Å². The Morgan fingerprint density at radius 2 is 1.58 bits per heavy atom. The summed E-state index contributed by atoms with van der Waals surface area (Å²) in [6.45, 7) is 0. The predicted octanol–water partition coefficient (Wildman–Crippen LogP) is 4.49. The molecule has 0 saturated carbocycles. The number of aromatic hydroxyl groups is 1. The van der Waals surface area contributed by atoms with Gasteiger partial charge in [0.15, 0.2) is 11.6 Å². The number of fused-ring (bicyclic) bond motifs is 1. The Hall–Kier alpha value is -2.42. The molecule has 0 bridgehead atoms. The molecule has 0 aliphatic carbocycles. The molecule has 3 aromatic carbocycles. The first kappa shape index (κ1) is 11.7. The van der Waals surface area contributed by atoms with Crippen LogP contribution in [-0.2, 0) is 0 Å². The third-order valence-electron chi connectivity index (χ3n) is 3.08. The highest BCUT2D eigenvalue weighted by Gasteiger charge is 2.09. The van der Waals surface area contributed by atoms with Gasteiger partial charge in [-0.05, 0) is 46.2 Å². The highest BCUT2D eigenvalue weighted by molar-refractivity contribution is 5.97. The fraction of sp³-hybridized carbons (Fsp3) is 0. The van der Waals surface area contributed by atoms with Crippen molar-refractivity contribution in [3.05, 3.63) is 66.2 Å².